The second kappa shape index (κ2) is 15.9. The van der Waals surface area contributed by atoms with Gasteiger partial charge in [0.05, 0.1) is 24.8 Å². The third-order valence-electron chi connectivity index (χ3n) is 7.52. The first-order chi connectivity index (χ1) is 22.2. The van der Waals surface area contributed by atoms with E-state index in [9.17, 15) is 18.0 Å². The maximum atomic E-state index is 14.6. The number of rotatable bonds is 15. The molecule has 0 fully saturated rings. The van der Waals surface area contributed by atoms with Gasteiger partial charge < -0.3 is 19.7 Å². The van der Waals surface area contributed by atoms with Crippen LogP contribution >= 0.6 is 0 Å². The zero-order valence-electron chi connectivity index (χ0n) is 26.7. The van der Waals surface area contributed by atoms with Crippen molar-refractivity contribution >= 4 is 27.5 Å². The van der Waals surface area contributed by atoms with Crippen LogP contribution in [0.25, 0.3) is 0 Å². The molecule has 0 spiro atoms. The number of benzene rings is 4. The number of carbonyl (C=O) groups is 2. The van der Waals surface area contributed by atoms with Crippen LogP contribution in [0.3, 0.4) is 0 Å². The summed E-state index contributed by atoms with van der Waals surface area (Å²) in [6, 6.07) is 28.9. The second-order valence-electron chi connectivity index (χ2n) is 10.9. The maximum Gasteiger partial charge on any atom is 0.264 e. The summed E-state index contributed by atoms with van der Waals surface area (Å²) in [4.78, 5) is 29.9. The molecule has 10 heteroatoms. The van der Waals surface area contributed by atoms with E-state index in [1.807, 2.05) is 56.3 Å². The average molecular weight is 644 g/mol. The highest BCUT2D eigenvalue weighted by Crippen LogP contribution is 2.34. The molecule has 1 atom stereocenters. The number of sulfonamides is 1. The van der Waals surface area contributed by atoms with Gasteiger partial charge in [-0.15, -0.1) is 0 Å². The summed E-state index contributed by atoms with van der Waals surface area (Å²) in [5.74, 6) is 0.00233. The summed E-state index contributed by atoms with van der Waals surface area (Å²) in [6.45, 7) is 3.68. The molecule has 0 saturated heterocycles. The van der Waals surface area contributed by atoms with Gasteiger partial charge in [0.2, 0.25) is 11.8 Å². The van der Waals surface area contributed by atoms with Crippen molar-refractivity contribution in [2.24, 2.45) is 0 Å². The summed E-state index contributed by atoms with van der Waals surface area (Å²) < 4.78 is 40.6. The van der Waals surface area contributed by atoms with Crippen molar-refractivity contribution < 1.29 is 27.5 Å². The van der Waals surface area contributed by atoms with Gasteiger partial charge in [-0.3, -0.25) is 13.9 Å². The highest BCUT2D eigenvalue weighted by Gasteiger charge is 2.35. The highest BCUT2D eigenvalue weighted by molar-refractivity contribution is 7.92. The number of amides is 2. The van der Waals surface area contributed by atoms with Gasteiger partial charge in [-0.05, 0) is 66.4 Å². The molecule has 4 aromatic rings. The average Bonchev–Trinajstić information content (AvgIpc) is 3.08. The molecular weight excluding hydrogens is 602 g/mol. The molecule has 0 aliphatic carbocycles. The van der Waals surface area contributed by atoms with Gasteiger partial charge in [-0.25, -0.2) is 8.42 Å². The van der Waals surface area contributed by atoms with E-state index in [2.05, 4.69) is 5.32 Å². The van der Waals surface area contributed by atoms with Crippen molar-refractivity contribution in [1.29, 1.82) is 0 Å². The number of nitrogens with zero attached hydrogens (tertiary/aromatic N) is 2. The number of ether oxygens (including phenoxy) is 2. The Hall–Kier alpha value is -4.83. The van der Waals surface area contributed by atoms with Crippen LogP contribution in [-0.4, -0.2) is 58.5 Å². The molecule has 4 aromatic carbocycles. The summed E-state index contributed by atoms with van der Waals surface area (Å²) in [5.41, 5.74) is 2.58. The van der Waals surface area contributed by atoms with Crippen LogP contribution in [0, 0.1) is 6.92 Å². The zero-order valence-corrected chi connectivity index (χ0v) is 27.5. The van der Waals surface area contributed by atoms with Crippen molar-refractivity contribution in [2.75, 3.05) is 31.6 Å². The van der Waals surface area contributed by atoms with Gasteiger partial charge in [0.15, 0.2) is 0 Å². The molecule has 46 heavy (non-hydrogen) atoms. The quantitative estimate of drug-likeness (QED) is 0.187. The first kappa shape index (κ1) is 34.1. The monoisotopic (exact) mass is 643 g/mol. The molecule has 0 radical (unpaired) electrons. The maximum absolute atomic E-state index is 14.6. The molecule has 0 bridgehead atoms. The topological polar surface area (TPSA) is 105 Å². The van der Waals surface area contributed by atoms with E-state index < -0.39 is 28.5 Å². The second-order valence-corrected chi connectivity index (χ2v) is 12.7. The Morgan fingerprint density at radius 3 is 2.15 bits per heavy atom. The summed E-state index contributed by atoms with van der Waals surface area (Å²) >= 11 is 0. The fourth-order valence-electron chi connectivity index (χ4n) is 5.12. The van der Waals surface area contributed by atoms with Crippen molar-refractivity contribution in [3.63, 3.8) is 0 Å². The Bertz CT molecular complexity index is 1710. The van der Waals surface area contributed by atoms with E-state index in [0.29, 0.717) is 24.5 Å². The van der Waals surface area contributed by atoms with Crippen LogP contribution in [-0.2, 0) is 32.6 Å². The number of hydrogen-bond acceptors (Lipinski definition) is 6. The largest absolute Gasteiger partial charge is 0.497 e. The number of anilines is 1. The lowest BCUT2D eigenvalue weighted by molar-refractivity contribution is -0.140. The molecular formula is C36H41N3O6S. The van der Waals surface area contributed by atoms with E-state index >= 15 is 0 Å². The molecule has 0 aliphatic heterocycles. The van der Waals surface area contributed by atoms with Crippen LogP contribution < -0.4 is 19.1 Å². The molecule has 1 unspecified atom stereocenters. The van der Waals surface area contributed by atoms with E-state index in [1.54, 1.807) is 55.6 Å². The van der Waals surface area contributed by atoms with Crippen LogP contribution in [0.4, 0.5) is 5.69 Å². The van der Waals surface area contributed by atoms with Crippen LogP contribution in [0.15, 0.2) is 108 Å². The van der Waals surface area contributed by atoms with Crippen molar-refractivity contribution in [3.8, 4) is 11.5 Å². The first-order valence-electron chi connectivity index (χ1n) is 15.1. The minimum Gasteiger partial charge on any atom is -0.497 e. The summed E-state index contributed by atoms with van der Waals surface area (Å²) in [6.07, 6.45) is 0.940. The van der Waals surface area contributed by atoms with E-state index in [1.165, 1.54) is 24.1 Å². The molecule has 0 aromatic heterocycles. The number of methoxy groups -OCH3 is 2. The summed E-state index contributed by atoms with van der Waals surface area (Å²) in [5, 5.41) is 2.95. The van der Waals surface area contributed by atoms with Crippen molar-refractivity contribution in [1.82, 2.24) is 10.2 Å². The molecule has 9 nitrogen and oxygen atoms in total. The number of aryl methyl sites for hydroxylation is 1. The lowest BCUT2D eigenvalue weighted by Gasteiger charge is -2.34. The lowest BCUT2D eigenvalue weighted by Crippen LogP contribution is -2.53. The number of nitrogens with one attached hydrogen (secondary N) is 1. The zero-order chi connectivity index (χ0) is 33.1. The van der Waals surface area contributed by atoms with Gasteiger partial charge in [-0.1, -0.05) is 73.7 Å². The smallest absolute Gasteiger partial charge is 0.264 e. The van der Waals surface area contributed by atoms with E-state index in [4.69, 9.17) is 9.47 Å². The lowest BCUT2D eigenvalue weighted by atomic mass is 10.0. The van der Waals surface area contributed by atoms with Crippen LogP contribution in [0.1, 0.15) is 30.0 Å². The molecule has 0 saturated carbocycles. The van der Waals surface area contributed by atoms with Gasteiger partial charge in [0.25, 0.3) is 10.0 Å². The summed E-state index contributed by atoms with van der Waals surface area (Å²) in [7, 11) is -1.24. The van der Waals surface area contributed by atoms with Crippen LogP contribution in [0.2, 0.25) is 0 Å². The third-order valence-corrected chi connectivity index (χ3v) is 9.29. The number of hydrogen-bond donors (Lipinski definition) is 1. The minimum absolute atomic E-state index is 0.0206. The fraction of sp³-hybridized carbons (Fsp3) is 0.278. The molecule has 0 heterocycles. The van der Waals surface area contributed by atoms with Crippen molar-refractivity contribution in [3.05, 3.63) is 120 Å². The molecule has 2 amide bonds. The van der Waals surface area contributed by atoms with Gasteiger partial charge >= 0.3 is 0 Å². The molecule has 242 valence electrons. The van der Waals surface area contributed by atoms with Gasteiger partial charge in [0, 0.05) is 19.5 Å². The Balaban J connectivity index is 1.85. The normalized spacial score (nSPS) is 11.7. The van der Waals surface area contributed by atoms with E-state index in [0.717, 1.165) is 21.0 Å². The third kappa shape index (κ3) is 8.45. The Kier molecular flexibility index (Phi) is 11.8. The first-order valence-corrected chi connectivity index (χ1v) is 16.6. The highest BCUT2D eigenvalue weighted by atomic mass is 32.2. The Morgan fingerprint density at radius 1 is 0.826 bits per heavy atom. The Morgan fingerprint density at radius 2 is 1.50 bits per heavy atom. The predicted octanol–water partition coefficient (Wildman–Crippen LogP) is 5.37. The minimum atomic E-state index is -4.25. The van der Waals surface area contributed by atoms with Crippen molar-refractivity contribution in [2.45, 2.75) is 44.2 Å². The standard InChI is InChI=1S/C36H41N3O6S/c1-5-21-37-36(41)33(24-28-13-8-6-9-14-28)38(25-29-15-12-16-30(23-29)44-3)35(40)26-39(32-22-27(2)19-20-34(32)45-4)46(42,43)31-17-10-7-11-18-31/h6-20,22-23,33H,5,21,24-26H2,1-4H3,(H,37,41). The van der Waals surface area contributed by atoms with Gasteiger partial charge in [-0.2, -0.15) is 0 Å². The van der Waals surface area contributed by atoms with Crippen LogP contribution in [0.5, 0.6) is 11.5 Å². The Labute approximate surface area is 271 Å². The number of carbonyl (C=O) groups excluding carboxylic acids is 2. The van der Waals surface area contributed by atoms with E-state index in [-0.39, 0.29) is 29.5 Å². The molecule has 0 aliphatic rings. The van der Waals surface area contributed by atoms with Gasteiger partial charge in [0.1, 0.15) is 24.1 Å². The fourth-order valence-corrected chi connectivity index (χ4v) is 6.55. The predicted molar refractivity (Wildman–Crippen MR) is 179 cm³/mol. The SMILES string of the molecule is CCCNC(=O)C(Cc1ccccc1)N(Cc1cccc(OC)c1)C(=O)CN(c1cc(C)ccc1OC)S(=O)(=O)c1ccccc1. The molecule has 4 rings (SSSR count). The molecule has 1 N–H and O–H groups in total.